The van der Waals surface area contributed by atoms with Gasteiger partial charge in [-0.05, 0) is 67.0 Å². The second-order valence-corrected chi connectivity index (χ2v) is 15.0. The summed E-state index contributed by atoms with van der Waals surface area (Å²) in [5.74, 6) is -1.63. The third kappa shape index (κ3) is 5.91. The molecule has 0 bridgehead atoms. The maximum Gasteiger partial charge on any atom is 0.298 e. The van der Waals surface area contributed by atoms with Crippen molar-refractivity contribution in [1.82, 2.24) is 0 Å². The Morgan fingerprint density at radius 2 is 1.40 bits per heavy atom. The number of benzene rings is 4. The lowest BCUT2D eigenvalue weighted by Gasteiger charge is -2.26. The minimum atomic E-state index is -4.81. The second kappa shape index (κ2) is 11.6. The van der Waals surface area contributed by atoms with E-state index >= 15 is 0 Å². The minimum absolute atomic E-state index is 0.00513. The van der Waals surface area contributed by atoms with Crippen molar-refractivity contribution < 1.29 is 40.3 Å². The average molecular weight is 679 g/mol. The third-order valence-corrected chi connectivity index (χ3v) is 10.7. The number of aryl methyl sites for hydroxylation is 2. The molecule has 0 heterocycles. The Labute approximate surface area is 273 Å². The molecule has 0 aliphatic heterocycles. The second-order valence-electron chi connectivity index (χ2n) is 12.2. The molecule has 47 heavy (non-hydrogen) atoms. The van der Waals surface area contributed by atoms with Gasteiger partial charge in [0.15, 0.2) is 17.3 Å². The number of nitrogens with one attached hydrogen (secondary N) is 1. The van der Waals surface area contributed by atoms with Gasteiger partial charge in [0.2, 0.25) is 0 Å². The summed E-state index contributed by atoms with van der Waals surface area (Å²) in [7, 11) is -9.46. The molecule has 11 nitrogen and oxygen atoms in total. The van der Waals surface area contributed by atoms with Gasteiger partial charge in [-0.3, -0.25) is 18.7 Å². The van der Waals surface area contributed by atoms with E-state index in [-0.39, 0.29) is 61.3 Å². The first kappa shape index (κ1) is 33.8. The lowest BCUT2D eigenvalue weighted by atomic mass is 9.82. The number of ketones is 2. The number of carbonyl (C=O) groups is 2. The molecule has 0 saturated carbocycles. The topological polar surface area (TPSA) is 190 Å². The van der Waals surface area contributed by atoms with Crippen molar-refractivity contribution in [3.63, 3.8) is 0 Å². The zero-order valence-electron chi connectivity index (χ0n) is 26.5. The van der Waals surface area contributed by atoms with Crippen LogP contribution in [0.25, 0.3) is 0 Å². The predicted octanol–water partition coefficient (Wildman–Crippen LogP) is 6.69. The fourth-order valence-corrected chi connectivity index (χ4v) is 7.50. The molecule has 5 rings (SSSR count). The Balaban J connectivity index is 1.78. The molecule has 0 saturated heterocycles. The quantitative estimate of drug-likeness (QED) is 0.101. The van der Waals surface area contributed by atoms with Crippen molar-refractivity contribution in [2.75, 3.05) is 11.1 Å². The summed E-state index contributed by atoms with van der Waals surface area (Å²) in [5.41, 5.74) is 7.58. The number of carbonyl (C=O) groups excluding carboxylic acids is 2. The zero-order valence-corrected chi connectivity index (χ0v) is 28.2. The van der Waals surface area contributed by atoms with Gasteiger partial charge in [0.05, 0.1) is 22.5 Å². The van der Waals surface area contributed by atoms with E-state index in [0.29, 0.717) is 23.1 Å². The van der Waals surface area contributed by atoms with Gasteiger partial charge in [0.25, 0.3) is 20.2 Å². The monoisotopic (exact) mass is 678 g/mol. The van der Waals surface area contributed by atoms with E-state index in [1.54, 1.807) is 31.2 Å². The molecule has 1 aliphatic carbocycles. The predicted molar refractivity (Wildman–Crippen MR) is 178 cm³/mol. The molecule has 5 N–H and O–H groups in total. The molecule has 246 valence electrons. The van der Waals surface area contributed by atoms with Crippen molar-refractivity contribution in [1.29, 1.82) is 0 Å². The van der Waals surface area contributed by atoms with Gasteiger partial charge in [-0.15, -0.1) is 0 Å². The molecule has 1 aliphatic rings. The number of hydrogen-bond acceptors (Lipinski definition) is 9. The average Bonchev–Trinajstić information content (AvgIpc) is 2.98. The first-order valence-corrected chi connectivity index (χ1v) is 17.5. The fraction of sp³-hybridized carbons (Fsp3) is 0.235. The summed E-state index contributed by atoms with van der Waals surface area (Å²) in [6, 6.07) is 13.4. The molecule has 0 radical (unpaired) electrons. The molecule has 0 fully saturated rings. The van der Waals surface area contributed by atoms with Gasteiger partial charge >= 0.3 is 0 Å². The zero-order chi connectivity index (χ0) is 34.8. The Bertz CT molecular complexity index is 2240. The maximum atomic E-state index is 13.9. The molecular formula is C34H34N2O9S2. The standard InChI is InChI=1S/C34H34N2O9S2/c1-7-34(5,6)20-12-13-24(26(15-20)46(39,40)41)45-25-16-23(36-30-17(2)14-18(3)33(19(30)4)47(42,43)44)27-28(29(25)35)32(38)22-11-9-8-10-21(22)31(27)37/h8-16,36H,7,35H2,1-6H3,(H,39,40,41)(H,42,43,44). The summed E-state index contributed by atoms with van der Waals surface area (Å²) < 4.78 is 75.9. The van der Waals surface area contributed by atoms with E-state index in [1.165, 1.54) is 44.2 Å². The number of rotatable bonds is 8. The van der Waals surface area contributed by atoms with Crippen molar-refractivity contribution in [3.8, 4) is 11.5 Å². The minimum Gasteiger partial charge on any atom is -0.454 e. The first-order chi connectivity index (χ1) is 21.8. The van der Waals surface area contributed by atoms with E-state index < -0.39 is 42.1 Å². The highest BCUT2D eigenvalue weighted by Crippen LogP contribution is 2.45. The summed E-state index contributed by atoms with van der Waals surface area (Å²) in [5, 5.41) is 3.07. The third-order valence-electron chi connectivity index (χ3n) is 8.73. The van der Waals surface area contributed by atoms with E-state index in [1.807, 2.05) is 20.8 Å². The summed E-state index contributed by atoms with van der Waals surface area (Å²) in [4.78, 5) is 27.0. The Hall–Kier alpha value is -4.56. The molecule has 4 aromatic rings. The van der Waals surface area contributed by atoms with Crippen LogP contribution in [0.5, 0.6) is 11.5 Å². The first-order valence-electron chi connectivity index (χ1n) is 14.6. The number of nitrogens with two attached hydrogens (primary N) is 1. The molecule has 0 aromatic heterocycles. The highest BCUT2D eigenvalue weighted by atomic mass is 32.2. The van der Waals surface area contributed by atoms with Gasteiger partial charge in [-0.2, -0.15) is 16.8 Å². The van der Waals surface area contributed by atoms with E-state index in [9.17, 15) is 35.5 Å². The van der Waals surface area contributed by atoms with Crippen LogP contribution in [0, 0.1) is 20.8 Å². The van der Waals surface area contributed by atoms with Crippen LogP contribution in [-0.4, -0.2) is 37.5 Å². The molecule has 0 unspecified atom stereocenters. The molecular weight excluding hydrogens is 645 g/mol. The van der Waals surface area contributed by atoms with Gasteiger partial charge in [-0.1, -0.05) is 57.2 Å². The van der Waals surface area contributed by atoms with E-state index in [4.69, 9.17) is 10.5 Å². The number of nitrogen functional groups attached to an aromatic ring is 1. The Kier molecular flexibility index (Phi) is 8.34. The Morgan fingerprint density at radius 3 is 1.96 bits per heavy atom. The van der Waals surface area contributed by atoms with Gasteiger partial charge < -0.3 is 15.8 Å². The van der Waals surface area contributed by atoms with Crippen LogP contribution < -0.4 is 15.8 Å². The largest absolute Gasteiger partial charge is 0.454 e. The number of fused-ring (bicyclic) bond motifs is 2. The van der Waals surface area contributed by atoms with Crippen LogP contribution in [0.15, 0.2) is 64.4 Å². The molecule has 0 amide bonds. The number of ether oxygens (including phenoxy) is 1. The van der Waals surface area contributed by atoms with Crippen LogP contribution in [0.2, 0.25) is 0 Å². The number of anilines is 3. The van der Waals surface area contributed by atoms with Gasteiger partial charge in [0, 0.05) is 22.9 Å². The van der Waals surface area contributed by atoms with Crippen LogP contribution in [0.3, 0.4) is 0 Å². The summed E-state index contributed by atoms with van der Waals surface area (Å²) in [6.45, 7) is 10.5. The normalized spacial score (nSPS) is 13.3. The van der Waals surface area contributed by atoms with Crippen molar-refractivity contribution in [2.45, 2.75) is 63.2 Å². The Morgan fingerprint density at radius 1 is 0.809 bits per heavy atom. The van der Waals surface area contributed by atoms with E-state index in [0.717, 1.165) is 0 Å². The molecule has 13 heteroatoms. The van der Waals surface area contributed by atoms with Crippen LogP contribution in [-0.2, 0) is 25.7 Å². The molecule has 0 spiro atoms. The highest BCUT2D eigenvalue weighted by Gasteiger charge is 2.36. The smallest absolute Gasteiger partial charge is 0.298 e. The molecule has 0 atom stereocenters. The molecule has 4 aromatic carbocycles. The van der Waals surface area contributed by atoms with Gasteiger partial charge in [0.1, 0.15) is 15.5 Å². The van der Waals surface area contributed by atoms with Crippen LogP contribution in [0.4, 0.5) is 17.1 Å². The number of hydrogen-bond donors (Lipinski definition) is 4. The van der Waals surface area contributed by atoms with Gasteiger partial charge in [-0.25, -0.2) is 0 Å². The lowest BCUT2D eigenvalue weighted by Crippen LogP contribution is -2.24. The fourth-order valence-electron chi connectivity index (χ4n) is 5.91. The lowest BCUT2D eigenvalue weighted by molar-refractivity contribution is 0.0980. The van der Waals surface area contributed by atoms with Crippen molar-refractivity contribution >= 4 is 48.9 Å². The van der Waals surface area contributed by atoms with Crippen LogP contribution in [0.1, 0.15) is 81.3 Å². The SMILES string of the molecule is CCC(C)(C)c1ccc(Oc2cc(Nc3c(C)cc(C)c(S(=O)(=O)O)c3C)c3c(c2N)C(=O)c2ccccc2C3=O)c(S(=O)(=O)O)c1. The van der Waals surface area contributed by atoms with Crippen LogP contribution >= 0.6 is 0 Å². The maximum absolute atomic E-state index is 13.9. The van der Waals surface area contributed by atoms with Crippen molar-refractivity contribution in [3.05, 3.63) is 99.1 Å². The summed E-state index contributed by atoms with van der Waals surface area (Å²) >= 11 is 0. The summed E-state index contributed by atoms with van der Waals surface area (Å²) in [6.07, 6.45) is 0.666. The van der Waals surface area contributed by atoms with Crippen molar-refractivity contribution in [2.24, 2.45) is 0 Å². The highest BCUT2D eigenvalue weighted by molar-refractivity contribution is 7.86. The van der Waals surface area contributed by atoms with E-state index in [2.05, 4.69) is 5.32 Å².